The number of ether oxygens (including phenoxy) is 2. The van der Waals surface area contributed by atoms with E-state index in [1.54, 1.807) is 27.8 Å². The Hall–Kier alpha value is -2.26. The number of carbonyl (C=O) groups is 1. The van der Waals surface area contributed by atoms with Gasteiger partial charge in [0, 0.05) is 18.3 Å². The van der Waals surface area contributed by atoms with E-state index in [4.69, 9.17) is 9.47 Å². The summed E-state index contributed by atoms with van der Waals surface area (Å²) < 4.78 is 10.6. The van der Waals surface area contributed by atoms with Gasteiger partial charge in [-0.15, -0.1) is 0 Å². The Bertz CT molecular complexity index is 758. The third-order valence-electron chi connectivity index (χ3n) is 3.78. The number of benzene rings is 1. The minimum absolute atomic E-state index is 0.0653. The highest BCUT2D eigenvalue weighted by molar-refractivity contribution is 8.76. The van der Waals surface area contributed by atoms with Crippen LogP contribution in [-0.2, 0) is 4.74 Å². The van der Waals surface area contributed by atoms with E-state index in [0.717, 1.165) is 24.3 Å². The summed E-state index contributed by atoms with van der Waals surface area (Å²) in [7, 11) is 3.21. The molecule has 1 heterocycles. The summed E-state index contributed by atoms with van der Waals surface area (Å²) in [5, 5.41) is 11.7. The highest BCUT2D eigenvalue weighted by atomic mass is 33.1. The summed E-state index contributed by atoms with van der Waals surface area (Å²) in [6.45, 7) is 0. The number of hydrogen-bond acceptors (Lipinski definition) is 8. The largest absolute Gasteiger partial charge is 0.514 e. The van der Waals surface area contributed by atoms with Crippen molar-refractivity contribution in [2.24, 2.45) is 0 Å². The van der Waals surface area contributed by atoms with Gasteiger partial charge in [0.05, 0.1) is 10.2 Å². The van der Waals surface area contributed by atoms with E-state index >= 15 is 0 Å². The Morgan fingerprint density at radius 3 is 2.69 bits per heavy atom. The van der Waals surface area contributed by atoms with Crippen molar-refractivity contribution in [3.8, 4) is 5.75 Å². The summed E-state index contributed by atoms with van der Waals surface area (Å²) in [5.41, 5.74) is -0.0653. The maximum Gasteiger partial charge on any atom is 0.514 e. The third kappa shape index (κ3) is 5.12. The predicted octanol–water partition coefficient (Wildman–Crippen LogP) is 4.87. The molecule has 0 amide bonds. The van der Waals surface area contributed by atoms with Crippen molar-refractivity contribution in [2.45, 2.75) is 35.6 Å². The topological polar surface area (TPSA) is 91.6 Å². The average molecular weight is 392 g/mol. The Morgan fingerprint density at radius 2 is 2.00 bits per heavy atom. The summed E-state index contributed by atoms with van der Waals surface area (Å²) in [6, 6.07) is 11.0. The van der Waals surface area contributed by atoms with E-state index in [9.17, 15) is 14.9 Å². The van der Waals surface area contributed by atoms with Crippen LogP contribution in [0.4, 0.5) is 10.5 Å². The van der Waals surface area contributed by atoms with Gasteiger partial charge in [-0.2, -0.15) is 0 Å². The van der Waals surface area contributed by atoms with Crippen LogP contribution in [0.25, 0.3) is 0 Å². The number of rotatable bonds is 6. The smallest absolute Gasteiger partial charge is 0.429 e. The molecule has 1 aromatic heterocycles. The zero-order chi connectivity index (χ0) is 18.4. The van der Waals surface area contributed by atoms with Crippen LogP contribution in [0, 0.1) is 10.1 Å². The number of nitrogens with zero attached hydrogens (tertiary/aromatic N) is 2. The minimum atomic E-state index is -0.792. The van der Waals surface area contributed by atoms with Crippen molar-refractivity contribution in [1.82, 2.24) is 4.98 Å². The standard InChI is InChI=1S/C17H16N2O5S2/c20-17(23-13-9-7-12(8-10-13)19(21)22)24-14-4-3-5-15(14)25-26-16-6-1-2-11-18-16/h1-2,6-11,14-15H,3-5H2/t14-,15-/m1/s1. The predicted molar refractivity (Wildman–Crippen MR) is 99.3 cm³/mol. The van der Waals surface area contributed by atoms with Gasteiger partial charge in [-0.25, -0.2) is 9.78 Å². The molecular formula is C17H16N2O5S2. The lowest BCUT2D eigenvalue weighted by molar-refractivity contribution is -0.384. The molecule has 9 heteroatoms. The lowest BCUT2D eigenvalue weighted by Crippen LogP contribution is -2.25. The molecule has 1 fully saturated rings. The number of carbonyl (C=O) groups excluding carboxylic acids is 1. The molecule has 1 saturated carbocycles. The van der Waals surface area contributed by atoms with E-state index in [1.165, 1.54) is 24.3 Å². The van der Waals surface area contributed by atoms with Gasteiger partial charge in [0.1, 0.15) is 16.9 Å². The lowest BCUT2D eigenvalue weighted by Gasteiger charge is -2.18. The number of pyridine rings is 1. The van der Waals surface area contributed by atoms with Crippen LogP contribution >= 0.6 is 21.6 Å². The monoisotopic (exact) mass is 392 g/mol. The number of aromatic nitrogens is 1. The maximum atomic E-state index is 12.0. The SMILES string of the molecule is O=C(Oc1ccc([N+](=O)[O-])cc1)O[C@@H]1CCC[C@H]1SSc1ccccn1. The van der Waals surface area contributed by atoms with Crippen LogP contribution in [0.5, 0.6) is 5.75 Å². The van der Waals surface area contributed by atoms with E-state index in [2.05, 4.69) is 4.98 Å². The molecule has 7 nitrogen and oxygen atoms in total. The molecule has 1 aromatic carbocycles. The van der Waals surface area contributed by atoms with Crippen LogP contribution < -0.4 is 4.74 Å². The second-order valence-corrected chi connectivity index (χ2v) is 8.04. The summed E-state index contributed by atoms with van der Waals surface area (Å²) in [4.78, 5) is 26.4. The van der Waals surface area contributed by atoms with Crippen molar-refractivity contribution in [3.63, 3.8) is 0 Å². The maximum absolute atomic E-state index is 12.0. The van der Waals surface area contributed by atoms with Crippen LogP contribution in [0.15, 0.2) is 53.7 Å². The molecule has 2 aromatic rings. The first-order valence-electron chi connectivity index (χ1n) is 7.99. The van der Waals surface area contributed by atoms with Crippen LogP contribution in [0.1, 0.15) is 19.3 Å². The minimum Gasteiger partial charge on any atom is -0.429 e. The fourth-order valence-electron chi connectivity index (χ4n) is 2.52. The van der Waals surface area contributed by atoms with E-state index in [0.29, 0.717) is 0 Å². The molecular weight excluding hydrogens is 376 g/mol. The highest BCUT2D eigenvalue weighted by Crippen LogP contribution is 2.41. The lowest BCUT2D eigenvalue weighted by atomic mass is 10.3. The first-order chi connectivity index (χ1) is 12.6. The van der Waals surface area contributed by atoms with Gasteiger partial charge in [-0.05, 0) is 54.3 Å². The zero-order valence-corrected chi connectivity index (χ0v) is 15.3. The van der Waals surface area contributed by atoms with E-state index in [1.807, 2.05) is 18.2 Å². The molecule has 136 valence electrons. The molecule has 0 radical (unpaired) electrons. The number of nitro groups is 1. The van der Waals surface area contributed by atoms with Crippen LogP contribution in [0.2, 0.25) is 0 Å². The second-order valence-electron chi connectivity index (χ2n) is 5.58. The first-order valence-corrected chi connectivity index (χ1v) is 10.2. The average Bonchev–Trinajstić information content (AvgIpc) is 3.08. The third-order valence-corrected chi connectivity index (χ3v) is 6.62. The quantitative estimate of drug-likeness (QED) is 0.226. The Kier molecular flexibility index (Phi) is 6.35. The second kappa shape index (κ2) is 8.91. The Labute approximate surface area is 158 Å². The number of nitro benzene ring substituents is 1. The van der Waals surface area contributed by atoms with Crippen molar-refractivity contribution in [3.05, 3.63) is 58.8 Å². The normalized spacial score (nSPS) is 19.1. The highest BCUT2D eigenvalue weighted by Gasteiger charge is 2.32. The van der Waals surface area contributed by atoms with Gasteiger partial charge in [-0.1, -0.05) is 16.9 Å². The van der Waals surface area contributed by atoms with Gasteiger partial charge in [0.2, 0.25) is 0 Å². The first kappa shape index (κ1) is 18.5. The molecule has 3 rings (SSSR count). The Morgan fingerprint density at radius 1 is 1.19 bits per heavy atom. The molecule has 1 aliphatic carbocycles. The van der Waals surface area contributed by atoms with Gasteiger partial charge in [0.25, 0.3) is 5.69 Å². The zero-order valence-electron chi connectivity index (χ0n) is 13.6. The molecule has 1 aliphatic rings. The van der Waals surface area contributed by atoms with Crippen LogP contribution in [-0.4, -0.2) is 27.4 Å². The van der Waals surface area contributed by atoms with Crippen molar-refractivity contribution < 1.29 is 19.2 Å². The molecule has 26 heavy (non-hydrogen) atoms. The van der Waals surface area contributed by atoms with Gasteiger partial charge >= 0.3 is 6.16 Å². The van der Waals surface area contributed by atoms with Gasteiger partial charge in [-0.3, -0.25) is 10.1 Å². The number of non-ortho nitro benzene ring substituents is 1. The van der Waals surface area contributed by atoms with Crippen molar-refractivity contribution in [1.29, 1.82) is 0 Å². The van der Waals surface area contributed by atoms with Gasteiger partial charge < -0.3 is 9.47 Å². The Balaban J connectivity index is 1.50. The summed E-state index contributed by atoms with van der Waals surface area (Å²) >= 11 is 0. The van der Waals surface area contributed by atoms with E-state index < -0.39 is 11.1 Å². The summed E-state index contributed by atoms with van der Waals surface area (Å²) in [5.74, 6) is 0.214. The fraction of sp³-hybridized carbons (Fsp3) is 0.294. The molecule has 0 spiro atoms. The van der Waals surface area contributed by atoms with Crippen molar-refractivity contribution in [2.75, 3.05) is 0 Å². The molecule has 0 unspecified atom stereocenters. The summed E-state index contributed by atoms with van der Waals surface area (Å²) in [6.07, 6.45) is 3.46. The van der Waals surface area contributed by atoms with Gasteiger partial charge in [0.15, 0.2) is 0 Å². The molecule has 2 atom stereocenters. The molecule has 0 saturated heterocycles. The molecule has 0 aliphatic heterocycles. The fourth-order valence-corrected chi connectivity index (χ4v) is 5.19. The molecule has 0 N–H and O–H groups in total. The van der Waals surface area contributed by atoms with Crippen LogP contribution in [0.3, 0.4) is 0 Å². The number of hydrogen-bond donors (Lipinski definition) is 0. The van der Waals surface area contributed by atoms with E-state index in [-0.39, 0.29) is 22.8 Å². The van der Waals surface area contributed by atoms with Crippen molar-refractivity contribution >= 4 is 33.4 Å². The molecule has 0 bridgehead atoms.